The van der Waals surface area contributed by atoms with Gasteiger partial charge in [-0.3, -0.25) is 4.55 Å². The summed E-state index contributed by atoms with van der Waals surface area (Å²) in [6.07, 6.45) is 2.93. The first-order valence-corrected chi connectivity index (χ1v) is 10.6. The Bertz CT molecular complexity index is 1190. The molecular weight excluding hydrogens is 414 g/mol. The molecule has 0 amide bonds. The zero-order chi connectivity index (χ0) is 22.3. The lowest BCUT2D eigenvalue weighted by atomic mass is 10.1. The van der Waals surface area contributed by atoms with Gasteiger partial charge >= 0.3 is 0 Å². The molecule has 31 heavy (non-hydrogen) atoms. The van der Waals surface area contributed by atoms with E-state index in [1.165, 1.54) is 24.5 Å². The van der Waals surface area contributed by atoms with Crippen molar-refractivity contribution in [2.75, 3.05) is 16.8 Å². The highest BCUT2D eigenvalue weighted by molar-refractivity contribution is 7.85. The normalized spacial score (nSPS) is 10.6. The van der Waals surface area contributed by atoms with E-state index in [0.29, 0.717) is 11.5 Å². The van der Waals surface area contributed by atoms with E-state index in [9.17, 15) is 8.42 Å². The third-order valence-electron chi connectivity index (χ3n) is 4.14. The summed E-state index contributed by atoms with van der Waals surface area (Å²) in [6.45, 7) is 0. The van der Waals surface area contributed by atoms with Crippen molar-refractivity contribution in [3.8, 4) is 11.1 Å². The van der Waals surface area contributed by atoms with Gasteiger partial charge in [0.15, 0.2) is 0 Å². The zero-order valence-electron chi connectivity index (χ0n) is 16.4. The number of rotatable bonds is 4. The summed E-state index contributed by atoms with van der Waals surface area (Å²) in [6, 6.07) is 23.0. The molecule has 0 unspecified atom stereocenters. The Morgan fingerprint density at radius 3 is 1.87 bits per heavy atom. The van der Waals surface area contributed by atoms with Crippen LogP contribution in [0.25, 0.3) is 11.1 Å². The average Bonchev–Trinajstić information content (AvgIpc) is 2.76. The van der Waals surface area contributed by atoms with Crippen LogP contribution in [0.1, 0.15) is 0 Å². The molecule has 4 rings (SSSR count). The van der Waals surface area contributed by atoms with E-state index in [1.54, 1.807) is 18.3 Å². The maximum atomic E-state index is 10.9. The average molecular weight is 436 g/mol. The number of nitrogens with two attached hydrogens (primary N) is 2. The van der Waals surface area contributed by atoms with Gasteiger partial charge in [0, 0.05) is 23.3 Å². The van der Waals surface area contributed by atoms with Gasteiger partial charge in [0.1, 0.15) is 12.1 Å². The van der Waals surface area contributed by atoms with Crippen LogP contribution in [0, 0.1) is 0 Å². The smallest absolute Gasteiger partial charge is 0.294 e. The highest BCUT2D eigenvalue weighted by Gasteiger charge is 2.09. The molecule has 0 bridgehead atoms. The van der Waals surface area contributed by atoms with Gasteiger partial charge in [-0.25, -0.2) is 9.97 Å². The number of anilines is 4. The van der Waals surface area contributed by atoms with E-state index in [1.807, 2.05) is 48.5 Å². The van der Waals surface area contributed by atoms with Crippen molar-refractivity contribution in [1.82, 2.24) is 9.97 Å². The second kappa shape index (κ2) is 9.70. The Morgan fingerprint density at radius 2 is 1.39 bits per heavy atom. The first-order valence-electron chi connectivity index (χ1n) is 9.13. The van der Waals surface area contributed by atoms with Crippen molar-refractivity contribution < 1.29 is 13.0 Å². The standard InChI is InChI=1S/C12H12N2.C10H9N3O3S/c13-11-5-1-9(2-6-11)10-3-7-12(14)8-4-10;14-17(15,16)9-3-1-2-8(6-9)13-10-4-5-11-7-12-10/h1-8H,13-14H2;1-7H,(H,11,12,13)(H,14,15,16). The number of hydrogen-bond acceptors (Lipinski definition) is 7. The zero-order valence-corrected chi connectivity index (χ0v) is 17.2. The SMILES string of the molecule is Nc1ccc(-c2ccc(N)cc2)cc1.O=S(=O)(O)c1cccc(Nc2ccncn2)c1. The molecule has 0 fully saturated rings. The minimum atomic E-state index is -4.19. The Hall–Kier alpha value is -3.95. The van der Waals surface area contributed by atoms with Gasteiger partial charge in [0.25, 0.3) is 10.1 Å². The maximum Gasteiger partial charge on any atom is 0.294 e. The molecule has 4 aromatic rings. The van der Waals surface area contributed by atoms with E-state index in [2.05, 4.69) is 15.3 Å². The molecule has 1 aromatic heterocycles. The second-order valence-corrected chi connectivity index (χ2v) is 7.89. The predicted molar refractivity (Wildman–Crippen MR) is 122 cm³/mol. The molecule has 0 spiro atoms. The molecule has 0 aliphatic rings. The van der Waals surface area contributed by atoms with Crippen molar-refractivity contribution in [2.24, 2.45) is 0 Å². The van der Waals surface area contributed by atoms with Crippen LogP contribution < -0.4 is 16.8 Å². The Balaban J connectivity index is 0.000000179. The first kappa shape index (κ1) is 21.8. The Morgan fingerprint density at radius 1 is 0.806 bits per heavy atom. The largest absolute Gasteiger partial charge is 0.399 e. The third kappa shape index (κ3) is 6.53. The summed E-state index contributed by atoms with van der Waals surface area (Å²) in [4.78, 5) is 7.52. The van der Waals surface area contributed by atoms with Crippen LogP contribution in [-0.2, 0) is 10.1 Å². The summed E-state index contributed by atoms with van der Waals surface area (Å²) in [7, 11) is -4.19. The van der Waals surface area contributed by atoms with Crippen molar-refractivity contribution >= 4 is 33.0 Å². The highest BCUT2D eigenvalue weighted by atomic mass is 32.2. The lowest BCUT2D eigenvalue weighted by molar-refractivity contribution is 0.483. The summed E-state index contributed by atoms with van der Waals surface area (Å²) in [5, 5.41) is 2.89. The minimum absolute atomic E-state index is 0.170. The van der Waals surface area contributed by atoms with E-state index in [-0.39, 0.29) is 4.90 Å². The highest BCUT2D eigenvalue weighted by Crippen LogP contribution is 2.21. The number of nitrogen functional groups attached to an aromatic ring is 2. The molecule has 8 nitrogen and oxygen atoms in total. The quantitative estimate of drug-likeness (QED) is 0.278. The fourth-order valence-electron chi connectivity index (χ4n) is 2.60. The Kier molecular flexibility index (Phi) is 6.81. The molecule has 0 aliphatic heterocycles. The molecular formula is C22H21N5O3S. The molecule has 9 heteroatoms. The number of benzene rings is 3. The van der Waals surface area contributed by atoms with E-state index < -0.39 is 10.1 Å². The minimum Gasteiger partial charge on any atom is -0.399 e. The van der Waals surface area contributed by atoms with Crippen molar-refractivity contribution in [1.29, 1.82) is 0 Å². The molecule has 158 valence electrons. The fourth-order valence-corrected chi connectivity index (χ4v) is 3.12. The van der Waals surface area contributed by atoms with Gasteiger partial charge in [0.2, 0.25) is 0 Å². The van der Waals surface area contributed by atoms with E-state index in [4.69, 9.17) is 16.0 Å². The van der Waals surface area contributed by atoms with Gasteiger partial charge in [0.05, 0.1) is 4.90 Å². The number of nitrogens with zero attached hydrogens (tertiary/aromatic N) is 2. The van der Waals surface area contributed by atoms with Crippen LogP contribution in [0.3, 0.4) is 0 Å². The van der Waals surface area contributed by atoms with Crippen LogP contribution in [-0.4, -0.2) is 22.9 Å². The van der Waals surface area contributed by atoms with E-state index in [0.717, 1.165) is 22.5 Å². The van der Waals surface area contributed by atoms with Gasteiger partial charge < -0.3 is 16.8 Å². The number of nitrogens with one attached hydrogen (secondary N) is 1. The topological polar surface area (TPSA) is 144 Å². The monoisotopic (exact) mass is 435 g/mol. The summed E-state index contributed by atoms with van der Waals surface area (Å²) < 4.78 is 30.8. The van der Waals surface area contributed by atoms with Crippen LogP contribution >= 0.6 is 0 Å². The summed E-state index contributed by atoms with van der Waals surface area (Å²) in [5.74, 6) is 0.535. The van der Waals surface area contributed by atoms with Crippen molar-refractivity contribution in [3.05, 3.63) is 91.4 Å². The molecule has 0 saturated heterocycles. The van der Waals surface area contributed by atoms with Gasteiger partial charge in [-0.05, 0) is 59.7 Å². The van der Waals surface area contributed by atoms with Gasteiger partial charge in [-0.15, -0.1) is 0 Å². The second-order valence-electron chi connectivity index (χ2n) is 6.47. The number of aromatic nitrogens is 2. The number of hydrogen-bond donors (Lipinski definition) is 4. The van der Waals surface area contributed by atoms with Crippen LogP contribution in [0.5, 0.6) is 0 Å². The molecule has 6 N–H and O–H groups in total. The van der Waals surface area contributed by atoms with E-state index >= 15 is 0 Å². The van der Waals surface area contributed by atoms with Crippen LogP contribution in [0.4, 0.5) is 22.9 Å². The lowest BCUT2D eigenvalue weighted by Gasteiger charge is -2.05. The van der Waals surface area contributed by atoms with Crippen molar-refractivity contribution in [3.63, 3.8) is 0 Å². The van der Waals surface area contributed by atoms with Crippen LogP contribution in [0.2, 0.25) is 0 Å². The lowest BCUT2D eigenvalue weighted by Crippen LogP contribution is -1.99. The summed E-state index contributed by atoms with van der Waals surface area (Å²) in [5.41, 5.74) is 15.6. The summed E-state index contributed by atoms with van der Waals surface area (Å²) >= 11 is 0. The van der Waals surface area contributed by atoms with Crippen molar-refractivity contribution in [2.45, 2.75) is 4.90 Å². The molecule has 0 saturated carbocycles. The first-order chi connectivity index (χ1) is 14.8. The predicted octanol–water partition coefficient (Wildman–Crippen LogP) is 3.98. The Labute approximate surface area is 180 Å². The molecule has 0 radical (unpaired) electrons. The molecule has 1 heterocycles. The molecule has 3 aromatic carbocycles. The third-order valence-corrected chi connectivity index (χ3v) is 4.99. The molecule has 0 atom stereocenters. The van der Waals surface area contributed by atoms with Crippen LogP contribution in [0.15, 0.2) is 96.3 Å². The fraction of sp³-hybridized carbons (Fsp3) is 0. The van der Waals surface area contributed by atoms with Gasteiger partial charge in [-0.2, -0.15) is 8.42 Å². The van der Waals surface area contributed by atoms with Gasteiger partial charge in [-0.1, -0.05) is 30.3 Å². The molecule has 0 aliphatic carbocycles. The maximum absolute atomic E-state index is 10.9.